The molecule has 7 heteroatoms. The zero-order valence-electron chi connectivity index (χ0n) is 10.2. The van der Waals surface area contributed by atoms with Gasteiger partial charge in [0.2, 0.25) is 10.0 Å². The Morgan fingerprint density at radius 2 is 2.12 bits per heavy atom. The monoisotopic (exact) mass is 324 g/mol. The van der Waals surface area contributed by atoms with E-state index in [1.165, 1.54) is 0 Å². The van der Waals surface area contributed by atoms with Gasteiger partial charge in [0, 0.05) is 11.4 Å². The van der Waals surface area contributed by atoms with E-state index in [1.807, 2.05) is 0 Å². The van der Waals surface area contributed by atoms with Crippen molar-refractivity contribution in [3.63, 3.8) is 0 Å². The molecule has 0 saturated carbocycles. The van der Waals surface area contributed by atoms with Gasteiger partial charge in [0.05, 0.1) is 0 Å². The van der Waals surface area contributed by atoms with Gasteiger partial charge >= 0.3 is 0 Å². The lowest BCUT2D eigenvalue weighted by atomic mass is 10.2. The summed E-state index contributed by atoms with van der Waals surface area (Å²) in [6, 6.07) is 0. The van der Waals surface area contributed by atoms with E-state index in [2.05, 4.69) is 32.7 Å². The molecule has 0 bridgehead atoms. The molecule has 5 nitrogen and oxygen atoms in total. The van der Waals surface area contributed by atoms with Gasteiger partial charge in [-0.2, -0.15) is 0 Å². The van der Waals surface area contributed by atoms with E-state index in [9.17, 15) is 8.42 Å². The molecule has 0 amide bonds. The van der Waals surface area contributed by atoms with Crippen molar-refractivity contribution in [3.05, 3.63) is 11.5 Å². The lowest BCUT2D eigenvalue weighted by Gasteiger charge is -2.10. The summed E-state index contributed by atoms with van der Waals surface area (Å²) in [4.78, 5) is 0.288. The number of nitrogens with zero attached hydrogens (tertiary/aromatic N) is 1. The average molecular weight is 325 g/mol. The molecule has 0 fully saturated rings. The number of aromatic nitrogens is 1. The second-order valence-corrected chi connectivity index (χ2v) is 6.89. The van der Waals surface area contributed by atoms with Crippen LogP contribution in [-0.2, 0) is 10.0 Å². The molecule has 0 aliphatic heterocycles. The first-order chi connectivity index (χ1) is 7.88. The van der Waals surface area contributed by atoms with Gasteiger partial charge in [-0.05, 0) is 20.3 Å². The third-order valence-electron chi connectivity index (χ3n) is 2.33. The van der Waals surface area contributed by atoms with Crippen LogP contribution >= 0.6 is 15.9 Å². The fraction of sp³-hybridized carbons (Fsp3) is 0.700. The van der Waals surface area contributed by atoms with Crippen molar-refractivity contribution in [1.82, 2.24) is 9.88 Å². The number of hydrogen-bond donors (Lipinski definition) is 1. The second kappa shape index (κ2) is 5.97. The van der Waals surface area contributed by atoms with Crippen LogP contribution in [0.25, 0.3) is 0 Å². The molecule has 0 radical (unpaired) electrons. The topological polar surface area (TPSA) is 72.2 Å². The minimum absolute atomic E-state index is 0.141. The molecule has 1 N–H and O–H groups in total. The molecule has 1 aromatic heterocycles. The number of nitrogens with one attached hydrogen (secondary N) is 1. The molecule has 0 spiro atoms. The maximum Gasteiger partial charge on any atom is 0.246 e. The highest BCUT2D eigenvalue weighted by Crippen LogP contribution is 2.19. The zero-order valence-corrected chi connectivity index (χ0v) is 12.6. The maximum absolute atomic E-state index is 12.0. The molecule has 1 heterocycles. The van der Waals surface area contributed by atoms with Crippen LogP contribution in [0.4, 0.5) is 0 Å². The van der Waals surface area contributed by atoms with Gasteiger partial charge in [-0.1, -0.05) is 34.4 Å². The van der Waals surface area contributed by atoms with Crippen LogP contribution in [0, 0.1) is 13.8 Å². The van der Waals surface area contributed by atoms with Crippen LogP contribution in [0.15, 0.2) is 9.42 Å². The Hall–Kier alpha value is -0.400. The van der Waals surface area contributed by atoms with E-state index < -0.39 is 10.0 Å². The lowest BCUT2D eigenvalue weighted by Crippen LogP contribution is -2.30. The summed E-state index contributed by atoms with van der Waals surface area (Å²) in [6.07, 6.45) is 1.92. The molecule has 1 aromatic rings. The highest BCUT2D eigenvalue weighted by molar-refractivity contribution is 9.09. The Morgan fingerprint density at radius 1 is 1.47 bits per heavy atom. The molecule has 1 rings (SSSR count). The van der Waals surface area contributed by atoms with Crippen LogP contribution in [0.1, 0.15) is 31.2 Å². The van der Waals surface area contributed by atoms with Crippen molar-refractivity contribution in [3.8, 4) is 0 Å². The summed E-state index contributed by atoms with van der Waals surface area (Å²) in [5, 5.41) is 3.64. The lowest BCUT2D eigenvalue weighted by molar-refractivity contribution is 0.390. The third-order valence-corrected chi connectivity index (χ3v) is 4.78. The largest absolute Gasteiger partial charge is 0.360 e. The third kappa shape index (κ3) is 3.79. The molecular formula is C10H17BrN2O3S. The van der Waals surface area contributed by atoms with Crippen molar-refractivity contribution in [2.24, 2.45) is 0 Å². The minimum Gasteiger partial charge on any atom is -0.360 e. The van der Waals surface area contributed by atoms with E-state index in [1.54, 1.807) is 13.8 Å². The van der Waals surface area contributed by atoms with Gasteiger partial charge in [0.1, 0.15) is 10.6 Å². The smallest absolute Gasteiger partial charge is 0.246 e. The molecule has 98 valence electrons. The van der Waals surface area contributed by atoms with E-state index in [-0.39, 0.29) is 9.72 Å². The number of halogens is 1. The number of sulfonamides is 1. The summed E-state index contributed by atoms with van der Waals surface area (Å²) in [5.74, 6) is 0.316. The normalized spacial score (nSPS) is 13.9. The first-order valence-corrected chi connectivity index (χ1v) is 7.85. The Morgan fingerprint density at radius 3 is 2.59 bits per heavy atom. The standard InChI is InChI=1S/C10H17BrN2O3S/c1-4-5-9(11)6-12-17(14,15)10-7(2)13-16-8(10)3/h9,12H,4-6H2,1-3H3. The van der Waals surface area contributed by atoms with Gasteiger partial charge in [0.25, 0.3) is 0 Å². The molecule has 0 aromatic carbocycles. The van der Waals surface area contributed by atoms with Gasteiger partial charge < -0.3 is 4.52 Å². The summed E-state index contributed by atoms with van der Waals surface area (Å²) in [5.41, 5.74) is 0.386. The number of rotatable bonds is 6. The van der Waals surface area contributed by atoms with Crippen molar-refractivity contribution >= 4 is 26.0 Å². The van der Waals surface area contributed by atoms with E-state index >= 15 is 0 Å². The summed E-state index contributed by atoms with van der Waals surface area (Å²) < 4.78 is 31.4. The molecule has 1 unspecified atom stereocenters. The van der Waals surface area contributed by atoms with Gasteiger partial charge in [-0.3, -0.25) is 0 Å². The molecule has 1 atom stereocenters. The van der Waals surface area contributed by atoms with Gasteiger partial charge in [-0.15, -0.1) is 0 Å². The molecule has 0 aliphatic rings. The van der Waals surface area contributed by atoms with Crippen molar-refractivity contribution in [2.75, 3.05) is 6.54 Å². The first-order valence-electron chi connectivity index (χ1n) is 5.45. The first kappa shape index (κ1) is 14.7. The van der Waals surface area contributed by atoms with Crippen molar-refractivity contribution < 1.29 is 12.9 Å². The Kier molecular flexibility index (Phi) is 5.15. The fourth-order valence-electron chi connectivity index (χ4n) is 1.55. The van der Waals surface area contributed by atoms with Crippen molar-refractivity contribution in [1.29, 1.82) is 0 Å². The average Bonchev–Trinajstić information content (AvgIpc) is 2.57. The number of alkyl halides is 1. The summed E-state index contributed by atoms with van der Waals surface area (Å²) >= 11 is 3.43. The molecular weight excluding hydrogens is 308 g/mol. The van der Waals surface area contributed by atoms with Gasteiger partial charge in [0.15, 0.2) is 5.76 Å². The molecule has 0 saturated heterocycles. The highest BCUT2D eigenvalue weighted by Gasteiger charge is 2.24. The van der Waals surface area contributed by atoms with Crippen LogP contribution in [-0.4, -0.2) is 24.9 Å². The van der Waals surface area contributed by atoms with Crippen molar-refractivity contribution in [2.45, 2.75) is 43.3 Å². The second-order valence-electron chi connectivity index (χ2n) is 3.89. The summed E-state index contributed by atoms with van der Waals surface area (Å²) in [6.45, 7) is 5.62. The Labute approximate surface area is 110 Å². The Balaban J connectivity index is 2.76. The van der Waals surface area contributed by atoms with Crippen LogP contribution in [0.2, 0.25) is 0 Å². The fourth-order valence-corrected chi connectivity index (χ4v) is 3.79. The van der Waals surface area contributed by atoms with E-state index in [0.29, 0.717) is 18.0 Å². The SMILES string of the molecule is CCCC(Br)CNS(=O)(=O)c1c(C)noc1C. The maximum atomic E-state index is 12.0. The zero-order chi connectivity index (χ0) is 13.1. The predicted octanol–water partition coefficient (Wildman–Crippen LogP) is 2.13. The minimum atomic E-state index is -3.53. The highest BCUT2D eigenvalue weighted by atomic mass is 79.9. The number of aryl methyl sites for hydroxylation is 2. The quantitative estimate of drug-likeness (QED) is 0.813. The predicted molar refractivity (Wildman–Crippen MR) is 68.8 cm³/mol. The summed E-state index contributed by atoms with van der Waals surface area (Å²) in [7, 11) is -3.53. The van der Waals surface area contributed by atoms with Gasteiger partial charge in [-0.25, -0.2) is 13.1 Å². The van der Waals surface area contributed by atoms with Crippen LogP contribution in [0.3, 0.4) is 0 Å². The van der Waals surface area contributed by atoms with E-state index in [4.69, 9.17) is 4.52 Å². The van der Waals surface area contributed by atoms with E-state index in [0.717, 1.165) is 12.8 Å². The Bertz CT molecular complexity index is 450. The molecule has 17 heavy (non-hydrogen) atoms. The number of hydrogen-bond acceptors (Lipinski definition) is 4. The molecule has 0 aliphatic carbocycles. The van der Waals surface area contributed by atoms with Crippen LogP contribution < -0.4 is 4.72 Å². The van der Waals surface area contributed by atoms with Crippen LogP contribution in [0.5, 0.6) is 0 Å².